The van der Waals surface area contributed by atoms with Gasteiger partial charge in [0.15, 0.2) is 5.11 Å². The van der Waals surface area contributed by atoms with Crippen LogP contribution in [0.4, 0.5) is 0 Å². The predicted molar refractivity (Wildman–Crippen MR) is 80.8 cm³/mol. The minimum Gasteiger partial charge on any atom is -0.362 e. The summed E-state index contributed by atoms with van der Waals surface area (Å²) in [7, 11) is 0. The van der Waals surface area contributed by atoms with E-state index in [0.29, 0.717) is 12.0 Å². The number of benzene rings is 1. The minimum atomic E-state index is 0.479. The Bertz CT molecular complexity index is 415. The van der Waals surface area contributed by atoms with Crippen molar-refractivity contribution in [3.05, 3.63) is 35.4 Å². The highest BCUT2D eigenvalue weighted by atomic mass is 32.1. The van der Waals surface area contributed by atoms with Gasteiger partial charge in [-0.25, -0.2) is 0 Å². The van der Waals surface area contributed by atoms with E-state index in [9.17, 15) is 0 Å². The molecule has 1 aliphatic rings. The molecule has 1 aromatic rings. The van der Waals surface area contributed by atoms with Gasteiger partial charge in [0.2, 0.25) is 0 Å². The van der Waals surface area contributed by atoms with Crippen LogP contribution in [0.25, 0.3) is 0 Å². The van der Waals surface area contributed by atoms with Gasteiger partial charge < -0.3 is 10.6 Å². The lowest BCUT2D eigenvalue weighted by atomic mass is 9.88. The fourth-order valence-electron chi connectivity index (χ4n) is 2.35. The molecule has 0 saturated carbocycles. The first-order valence-corrected chi connectivity index (χ1v) is 7.17. The Kier molecular flexibility index (Phi) is 4.59. The number of rotatable bonds is 3. The fraction of sp³-hybridized carbons (Fsp3) is 0.533. The molecule has 0 spiro atoms. The molecule has 0 amide bonds. The SMILES string of the molecule is CC(C)CNC(=S)NC1CCc2ccccc2C1. The second-order valence-corrected chi connectivity index (χ2v) is 5.86. The van der Waals surface area contributed by atoms with Gasteiger partial charge in [0.25, 0.3) is 0 Å². The van der Waals surface area contributed by atoms with Crippen molar-refractivity contribution in [2.75, 3.05) is 6.54 Å². The van der Waals surface area contributed by atoms with Crippen LogP contribution < -0.4 is 10.6 Å². The number of fused-ring (bicyclic) bond motifs is 1. The summed E-state index contributed by atoms with van der Waals surface area (Å²) in [4.78, 5) is 0. The summed E-state index contributed by atoms with van der Waals surface area (Å²) in [5.74, 6) is 0.622. The van der Waals surface area contributed by atoms with Crippen LogP contribution in [-0.2, 0) is 12.8 Å². The number of nitrogens with one attached hydrogen (secondary N) is 2. The molecule has 3 heteroatoms. The Morgan fingerprint density at radius 2 is 2.06 bits per heavy atom. The molecule has 98 valence electrons. The topological polar surface area (TPSA) is 24.1 Å². The Labute approximate surface area is 115 Å². The van der Waals surface area contributed by atoms with Gasteiger partial charge in [-0.1, -0.05) is 38.1 Å². The smallest absolute Gasteiger partial charge is 0.166 e. The number of hydrogen-bond acceptors (Lipinski definition) is 1. The van der Waals surface area contributed by atoms with Gasteiger partial charge in [-0.15, -0.1) is 0 Å². The second kappa shape index (κ2) is 6.19. The largest absolute Gasteiger partial charge is 0.362 e. The van der Waals surface area contributed by atoms with E-state index in [1.165, 1.54) is 17.5 Å². The van der Waals surface area contributed by atoms with E-state index in [-0.39, 0.29) is 0 Å². The number of hydrogen-bond donors (Lipinski definition) is 2. The van der Waals surface area contributed by atoms with Crippen LogP contribution >= 0.6 is 12.2 Å². The Morgan fingerprint density at radius 3 is 2.78 bits per heavy atom. The molecule has 2 N–H and O–H groups in total. The van der Waals surface area contributed by atoms with Gasteiger partial charge in [0.05, 0.1) is 0 Å². The van der Waals surface area contributed by atoms with E-state index in [1.54, 1.807) is 0 Å². The molecule has 1 atom stereocenters. The summed E-state index contributed by atoms with van der Waals surface area (Å²) >= 11 is 5.33. The van der Waals surface area contributed by atoms with E-state index in [1.807, 2.05) is 0 Å². The van der Waals surface area contributed by atoms with Crippen molar-refractivity contribution in [1.82, 2.24) is 10.6 Å². The van der Waals surface area contributed by atoms with Gasteiger partial charge >= 0.3 is 0 Å². The van der Waals surface area contributed by atoms with Crippen LogP contribution in [0, 0.1) is 5.92 Å². The van der Waals surface area contributed by atoms with Crippen LogP contribution in [-0.4, -0.2) is 17.7 Å². The molecular formula is C15H22N2S. The van der Waals surface area contributed by atoms with Crippen molar-refractivity contribution in [2.24, 2.45) is 5.92 Å². The first-order chi connectivity index (χ1) is 8.65. The third-order valence-electron chi connectivity index (χ3n) is 3.35. The molecule has 0 radical (unpaired) electrons. The summed E-state index contributed by atoms with van der Waals surface area (Å²) < 4.78 is 0. The summed E-state index contributed by atoms with van der Waals surface area (Å²) in [5, 5.41) is 7.51. The third-order valence-corrected chi connectivity index (χ3v) is 3.62. The van der Waals surface area contributed by atoms with Crippen molar-refractivity contribution in [3.8, 4) is 0 Å². The Morgan fingerprint density at radius 1 is 1.33 bits per heavy atom. The van der Waals surface area contributed by atoms with E-state index in [0.717, 1.165) is 24.5 Å². The molecule has 2 nitrogen and oxygen atoms in total. The van der Waals surface area contributed by atoms with Gasteiger partial charge in [-0.05, 0) is 48.5 Å². The van der Waals surface area contributed by atoms with Gasteiger partial charge in [0.1, 0.15) is 0 Å². The molecule has 0 aliphatic heterocycles. The predicted octanol–water partition coefficient (Wildman–Crippen LogP) is 2.66. The van der Waals surface area contributed by atoms with Crippen LogP contribution in [0.3, 0.4) is 0 Å². The first kappa shape index (κ1) is 13.3. The van der Waals surface area contributed by atoms with E-state index in [4.69, 9.17) is 12.2 Å². The molecule has 0 bridgehead atoms. The van der Waals surface area contributed by atoms with Crippen molar-refractivity contribution in [2.45, 2.75) is 39.2 Å². The van der Waals surface area contributed by atoms with E-state index < -0.39 is 0 Å². The van der Waals surface area contributed by atoms with Crippen molar-refractivity contribution < 1.29 is 0 Å². The van der Waals surface area contributed by atoms with Crippen LogP contribution in [0.1, 0.15) is 31.4 Å². The molecule has 0 saturated heterocycles. The normalized spacial score (nSPS) is 18.3. The molecule has 1 aliphatic carbocycles. The maximum atomic E-state index is 5.33. The quantitative estimate of drug-likeness (QED) is 0.819. The second-order valence-electron chi connectivity index (χ2n) is 5.46. The zero-order valence-electron chi connectivity index (χ0n) is 11.2. The summed E-state index contributed by atoms with van der Waals surface area (Å²) in [6, 6.07) is 9.19. The van der Waals surface area contributed by atoms with E-state index in [2.05, 4.69) is 48.7 Å². The zero-order valence-corrected chi connectivity index (χ0v) is 12.0. The van der Waals surface area contributed by atoms with E-state index >= 15 is 0 Å². The van der Waals surface area contributed by atoms with Crippen LogP contribution in [0.2, 0.25) is 0 Å². The van der Waals surface area contributed by atoms with Crippen LogP contribution in [0.5, 0.6) is 0 Å². The molecular weight excluding hydrogens is 240 g/mol. The Balaban J connectivity index is 1.84. The highest BCUT2D eigenvalue weighted by molar-refractivity contribution is 7.80. The summed E-state index contributed by atoms with van der Waals surface area (Å²) in [6.45, 7) is 5.31. The molecule has 18 heavy (non-hydrogen) atoms. The molecule has 1 aromatic carbocycles. The van der Waals surface area contributed by atoms with Crippen LogP contribution in [0.15, 0.2) is 24.3 Å². The first-order valence-electron chi connectivity index (χ1n) is 6.76. The van der Waals surface area contributed by atoms with Crippen molar-refractivity contribution in [3.63, 3.8) is 0 Å². The molecule has 1 unspecified atom stereocenters. The monoisotopic (exact) mass is 262 g/mol. The lowest BCUT2D eigenvalue weighted by Crippen LogP contribution is -2.45. The lowest BCUT2D eigenvalue weighted by Gasteiger charge is -2.27. The van der Waals surface area contributed by atoms with Gasteiger partial charge in [-0.2, -0.15) is 0 Å². The highest BCUT2D eigenvalue weighted by Gasteiger charge is 2.18. The molecule has 0 fully saturated rings. The molecule has 2 rings (SSSR count). The maximum absolute atomic E-state index is 5.33. The van der Waals surface area contributed by atoms with Crippen molar-refractivity contribution in [1.29, 1.82) is 0 Å². The maximum Gasteiger partial charge on any atom is 0.166 e. The number of aryl methyl sites for hydroxylation is 1. The molecule has 0 aromatic heterocycles. The lowest BCUT2D eigenvalue weighted by molar-refractivity contribution is 0.520. The van der Waals surface area contributed by atoms with Gasteiger partial charge in [0, 0.05) is 12.6 Å². The molecule has 0 heterocycles. The highest BCUT2D eigenvalue weighted by Crippen LogP contribution is 2.20. The third kappa shape index (κ3) is 3.70. The van der Waals surface area contributed by atoms with Gasteiger partial charge in [-0.3, -0.25) is 0 Å². The summed E-state index contributed by atoms with van der Waals surface area (Å²) in [6.07, 6.45) is 3.40. The fourth-order valence-corrected chi connectivity index (χ4v) is 2.60. The van der Waals surface area contributed by atoms with Crippen molar-refractivity contribution >= 4 is 17.3 Å². The zero-order chi connectivity index (χ0) is 13.0. The summed E-state index contributed by atoms with van der Waals surface area (Å²) in [5.41, 5.74) is 2.96. The Hall–Kier alpha value is -1.09. The average Bonchev–Trinajstić information content (AvgIpc) is 2.36. The number of thiocarbonyl (C=S) groups is 1. The minimum absolute atomic E-state index is 0.479. The average molecular weight is 262 g/mol. The standard InChI is InChI=1S/C15H22N2S/c1-11(2)10-16-15(18)17-14-8-7-12-5-3-4-6-13(12)9-14/h3-6,11,14H,7-10H2,1-2H3,(H2,16,17,18).